The summed E-state index contributed by atoms with van der Waals surface area (Å²) in [5, 5.41) is 9.59. The van der Waals surface area contributed by atoms with Crippen molar-refractivity contribution in [1.29, 1.82) is 0 Å². The predicted octanol–water partition coefficient (Wildman–Crippen LogP) is 12.6. The molecule has 0 atom stereocenters. The van der Waals surface area contributed by atoms with Gasteiger partial charge in [0.2, 0.25) is 0 Å². The lowest BCUT2D eigenvalue weighted by Gasteiger charge is -2.42. The summed E-state index contributed by atoms with van der Waals surface area (Å²) in [5.74, 6) is 0. The van der Waals surface area contributed by atoms with E-state index >= 15 is 0 Å². The Morgan fingerprint density at radius 1 is 0.554 bits per heavy atom. The summed E-state index contributed by atoms with van der Waals surface area (Å²) < 4.78 is 15.8. The molecule has 0 unspecified atom stereocenters. The number of nitrogens with zero attached hydrogens (tertiary/aromatic N) is 2. The van der Waals surface area contributed by atoms with Gasteiger partial charge in [0.25, 0.3) is 0 Å². The molecule has 5 heteroatoms. The van der Waals surface area contributed by atoms with Crippen LogP contribution < -0.4 is 15.7 Å². The van der Waals surface area contributed by atoms with Crippen molar-refractivity contribution < 1.29 is 8.83 Å². The van der Waals surface area contributed by atoms with Gasteiger partial charge < -0.3 is 18.2 Å². The van der Waals surface area contributed by atoms with Gasteiger partial charge >= 0.3 is 6.85 Å². The van der Waals surface area contributed by atoms with Gasteiger partial charge in [-0.05, 0) is 99.3 Å². The third kappa shape index (κ3) is 3.80. The Morgan fingerprint density at radius 2 is 1.21 bits per heavy atom. The van der Waals surface area contributed by atoms with Crippen LogP contribution in [0.3, 0.4) is 0 Å². The number of hydrogen-bond donors (Lipinski definition) is 0. The van der Waals surface area contributed by atoms with E-state index < -0.39 is 0 Å². The van der Waals surface area contributed by atoms with Crippen LogP contribution in [0.5, 0.6) is 0 Å². The van der Waals surface area contributed by atoms with Crippen LogP contribution in [0.15, 0.2) is 148 Å². The van der Waals surface area contributed by atoms with Crippen molar-refractivity contribution in [2.45, 2.75) is 33.1 Å². The fraction of sp³-hybridized carbons (Fsp3) is 0.0980. The van der Waals surface area contributed by atoms with Crippen molar-refractivity contribution in [1.82, 2.24) is 4.57 Å². The first-order chi connectivity index (χ1) is 27.3. The number of furan rings is 2. The molecule has 0 saturated heterocycles. The van der Waals surface area contributed by atoms with E-state index in [1.54, 1.807) is 0 Å². The molecule has 3 aromatic heterocycles. The summed E-state index contributed by atoms with van der Waals surface area (Å²) >= 11 is 0. The van der Waals surface area contributed by atoms with Crippen LogP contribution in [0.2, 0.25) is 0 Å². The lowest BCUT2D eigenvalue weighted by atomic mass is 9.43. The molecule has 2 aliphatic heterocycles. The van der Waals surface area contributed by atoms with Gasteiger partial charge in [0.15, 0.2) is 0 Å². The molecule has 4 nitrogen and oxygen atoms in total. The summed E-state index contributed by atoms with van der Waals surface area (Å²) in [5.41, 5.74) is 17.4. The Hall–Kier alpha value is -6.72. The van der Waals surface area contributed by atoms with Crippen molar-refractivity contribution in [2.24, 2.45) is 0 Å². The maximum absolute atomic E-state index is 6.68. The van der Waals surface area contributed by atoms with E-state index in [4.69, 9.17) is 8.83 Å². The maximum atomic E-state index is 6.68. The third-order valence-electron chi connectivity index (χ3n) is 12.8. The minimum atomic E-state index is -0.115. The Labute approximate surface area is 323 Å². The molecule has 0 spiro atoms. The zero-order chi connectivity index (χ0) is 37.2. The fourth-order valence-corrected chi connectivity index (χ4v) is 10.3. The Morgan fingerprint density at radius 3 is 1.95 bits per heavy atom. The average molecular weight is 719 g/mol. The van der Waals surface area contributed by atoms with Gasteiger partial charge in [-0.15, -0.1) is 0 Å². The van der Waals surface area contributed by atoms with E-state index in [1.165, 1.54) is 77.3 Å². The van der Waals surface area contributed by atoms with Crippen LogP contribution >= 0.6 is 0 Å². The molecule has 264 valence electrons. The first-order valence-corrected chi connectivity index (χ1v) is 19.6. The number of hydrogen-bond acceptors (Lipinski definition) is 3. The largest absolute Gasteiger partial charge is 0.456 e. The van der Waals surface area contributed by atoms with E-state index in [2.05, 4.69) is 177 Å². The molecule has 0 saturated carbocycles. The number of anilines is 2. The molecule has 0 N–H and O–H groups in total. The van der Waals surface area contributed by atoms with E-state index in [0.29, 0.717) is 0 Å². The number of aromatic nitrogens is 1. The molecule has 0 radical (unpaired) electrons. The van der Waals surface area contributed by atoms with Crippen molar-refractivity contribution >= 4 is 106 Å². The van der Waals surface area contributed by atoms with Crippen LogP contribution in [0.1, 0.15) is 31.9 Å². The number of benzene rings is 8. The third-order valence-corrected chi connectivity index (χ3v) is 12.8. The summed E-state index contributed by atoms with van der Waals surface area (Å²) in [6.07, 6.45) is 0. The van der Waals surface area contributed by atoms with Gasteiger partial charge in [-0.25, -0.2) is 0 Å². The van der Waals surface area contributed by atoms with Crippen molar-refractivity contribution in [3.8, 4) is 16.8 Å². The molecule has 5 heterocycles. The van der Waals surface area contributed by atoms with Crippen molar-refractivity contribution in [2.75, 3.05) is 4.81 Å². The molecule has 0 fully saturated rings. The topological polar surface area (TPSA) is 34.5 Å². The van der Waals surface area contributed by atoms with Crippen LogP contribution in [0, 0.1) is 6.92 Å². The number of fused-ring (bicyclic) bond motifs is 16. The fourth-order valence-electron chi connectivity index (χ4n) is 10.3. The molecular weight excluding hydrogens is 683 g/mol. The van der Waals surface area contributed by atoms with Gasteiger partial charge in [0.1, 0.15) is 22.3 Å². The molecule has 56 heavy (non-hydrogen) atoms. The highest BCUT2D eigenvalue weighted by Gasteiger charge is 2.45. The molecule has 0 bridgehead atoms. The second-order valence-corrected chi connectivity index (χ2v) is 16.9. The average Bonchev–Trinajstić information content (AvgIpc) is 3.87. The summed E-state index contributed by atoms with van der Waals surface area (Å²) in [6.45, 7) is 9.04. The monoisotopic (exact) mass is 718 g/mol. The molecule has 2 aliphatic rings. The molecular formula is C51H35BN2O2. The lowest BCUT2D eigenvalue weighted by Crippen LogP contribution is -2.60. The van der Waals surface area contributed by atoms with Gasteiger partial charge in [-0.2, -0.15) is 0 Å². The minimum absolute atomic E-state index is 0.0423. The van der Waals surface area contributed by atoms with Gasteiger partial charge in [-0.3, -0.25) is 0 Å². The maximum Gasteiger partial charge on any atom is 0.333 e. The van der Waals surface area contributed by atoms with E-state index in [-0.39, 0.29) is 12.3 Å². The molecule has 13 rings (SSSR count). The zero-order valence-corrected chi connectivity index (χ0v) is 31.6. The summed E-state index contributed by atoms with van der Waals surface area (Å²) in [6, 6.07) is 51.5. The van der Waals surface area contributed by atoms with E-state index in [9.17, 15) is 0 Å². The standard InChI is InChI=1S/C51H35BN2O2/c1-28-23-38-48-32-12-6-5-11-29(32)17-22-40(48)54(31-20-18-30(19-21-31)51(2,3)4)52-39-26-45-36(34-14-8-10-16-44(34)55-45)25-42(39)53-41-27-46-35(33-13-7-9-15-43(33)56-46)24-37(41)47(28)50(53)49(38)52/h5-27H,1-4H3. The normalized spacial score (nSPS) is 13.6. The first-order valence-electron chi connectivity index (χ1n) is 19.6. The van der Waals surface area contributed by atoms with Gasteiger partial charge in [-0.1, -0.05) is 106 Å². The van der Waals surface area contributed by atoms with Gasteiger partial charge in [0.05, 0.1) is 11.0 Å². The summed E-state index contributed by atoms with van der Waals surface area (Å²) in [7, 11) is 0. The van der Waals surface area contributed by atoms with Crippen molar-refractivity contribution in [3.05, 3.63) is 151 Å². The van der Waals surface area contributed by atoms with Crippen LogP contribution in [-0.4, -0.2) is 11.4 Å². The second kappa shape index (κ2) is 10.3. The minimum Gasteiger partial charge on any atom is -0.456 e. The number of aryl methyl sites for hydroxylation is 1. The Bertz CT molecular complexity index is 3540. The number of para-hydroxylation sites is 2. The quantitative estimate of drug-likeness (QED) is 0.159. The summed E-state index contributed by atoms with van der Waals surface area (Å²) in [4.78, 5) is 2.61. The Balaban J connectivity index is 1.24. The SMILES string of the molecule is Cc1cc2c3c4c1c1cc5c(cc1n4-c1cc4c(cc1B3N(c1ccc(C(C)(C)C)cc1)c1ccc3ccccc3c1-2)oc1ccccc14)oc1ccccc15. The van der Waals surface area contributed by atoms with E-state index in [0.717, 1.165) is 49.4 Å². The van der Waals surface area contributed by atoms with Gasteiger partial charge in [0, 0.05) is 61.0 Å². The molecule has 11 aromatic rings. The highest BCUT2D eigenvalue weighted by molar-refractivity contribution is 6.94. The molecule has 0 amide bonds. The van der Waals surface area contributed by atoms with Crippen LogP contribution in [0.4, 0.5) is 11.4 Å². The highest BCUT2D eigenvalue weighted by Crippen LogP contribution is 2.49. The number of rotatable bonds is 1. The smallest absolute Gasteiger partial charge is 0.333 e. The predicted molar refractivity (Wildman–Crippen MR) is 235 cm³/mol. The lowest BCUT2D eigenvalue weighted by molar-refractivity contribution is 0.590. The Kier molecular flexibility index (Phi) is 5.64. The molecule has 8 aromatic carbocycles. The zero-order valence-electron chi connectivity index (χ0n) is 31.6. The second-order valence-electron chi connectivity index (χ2n) is 16.9. The highest BCUT2D eigenvalue weighted by atomic mass is 16.3. The van der Waals surface area contributed by atoms with E-state index in [1.807, 2.05) is 0 Å². The first kappa shape index (κ1) is 30.6. The van der Waals surface area contributed by atoms with Crippen molar-refractivity contribution in [3.63, 3.8) is 0 Å². The van der Waals surface area contributed by atoms with Crippen LogP contribution in [0.25, 0.3) is 93.3 Å². The van der Waals surface area contributed by atoms with Crippen LogP contribution in [-0.2, 0) is 5.41 Å². The molecule has 0 aliphatic carbocycles.